The normalized spacial score (nSPS) is 9.47. The lowest BCUT2D eigenvalue weighted by Gasteiger charge is -2.06. The van der Waals surface area contributed by atoms with Gasteiger partial charge in [-0.1, -0.05) is 11.6 Å². The lowest BCUT2D eigenvalue weighted by Crippen LogP contribution is -2.07. The van der Waals surface area contributed by atoms with Crippen LogP contribution < -0.4 is 0 Å². The Morgan fingerprint density at radius 2 is 2.33 bits per heavy atom. The predicted octanol–water partition coefficient (Wildman–Crippen LogP) is 2.99. The minimum absolute atomic E-state index is 0.169. The molecule has 0 aliphatic heterocycles. The first kappa shape index (κ1) is 12.3. The van der Waals surface area contributed by atoms with E-state index in [1.807, 2.05) is 28.7 Å². The van der Waals surface area contributed by atoms with E-state index in [1.165, 1.54) is 0 Å². The zero-order valence-corrected chi connectivity index (χ0v) is 10.8. The minimum atomic E-state index is -0.521. The Morgan fingerprint density at radius 1 is 1.67 bits per heavy atom. The lowest BCUT2D eigenvalue weighted by atomic mass is 10.1. The summed E-state index contributed by atoms with van der Waals surface area (Å²) in [6.07, 6.45) is 0. The van der Waals surface area contributed by atoms with E-state index in [9.17, 15) is 4.79 Å². The molecule has 0 bridgehead atoms. The quantitative estimate of drug-likeness (QED) is 0.617. The van der Waals surface area contributed by atoms with Gasteiger partial charge in [0.2, 0.25) is 0 Å². The Morgan fingerprint density at radius 3 is 2.87 bits per heavy atom. The fourth-order valence-corrected chi connectivity index (χ4v) is 1.70. The van der Waals surface area contributed by atoms with Crippen molar-refractivity contribution in [1.82, 2.24) is 0 Å². The second kappa shape index (κ2) is 5.33. The van der Waals surface area contributed by atoms with Gasteiger partial charge in [0.05, 0.1) is 22.8 Å². The molecule has 1 aromatic carbocycles. The molecule has 0 amide bonds. The van der Waals surface area contributed by atoms with Crippen molar-refractivity contribution < 1.29 is 9.53 Å². The zero-order valence-electron chi connectivity index (χ0n) is 7.88. The van der Waals surface area contributed by atoms with Gasteiger partial charge >= 0.3 is 5.97 Å². The summed E-state index contributed by atoms with van der Waals surface area (Å²) in [7, 11) is 0. The number of halogens is 2. The van der Waals surface area contributed by atoms with Crippen molar-refractivity contribution in [1.29, 1.82) is 5.26 Å². The van der Waals surface area contributed by atoms with E-state index in [2.05, 4.69) is 0 Å². The van der Waals surface area contributed by atoms with Gasteiger partial charge in [0, 0.05) is 3.57 Å². The Kier molecular flexibility index (Phi) is 4.36. The van der Waals surface area contributed by atoms with Crippen LogP contribution in [-0.4, -0.2) is 12.6 Å². The van der Waals surface area contributed by atoms with Crippen LogP contribution in [0, 0.1) is 14.9 Å². The second-order valence-corrected chi connectivity index (χ2v) is 4.16. The third-order valence-corrected chi connectivity index (χ3v) is 3.31. The summed E-state index contributed by atoms with van der Waals surface area (Å²) < 4.78 is 5.55. The summed E-state index contributed by atoms with van der Waals surface area (Å²) in [5.74, 6) is -0.521. The smallest absolute Gasteiger partial charge is 0.339 e. The van der Waals surface area contributed by atoms with Crippen molar-refractivity contribution in [2.24, 2.45) is 0 Å². The standard InChI is InChI=1S/C10H7ClINO2/c1-2-15-10(14)6-3-4-8(12)9(11)7(6)5-13/h3-4H,2H2,1H3. The van der Waals surface area contributed by atoms with E-state index in [0.29, 0.717) is 5.02 Å². The molecule has 15 heavy (non-hydrogen) atoms. The van der Waals surface area contributed by atoms with Crippen molar-refractivity contribution in [3.05, 3.63) is 31.9 Å². The number of rotatable bonds is 2. The Labute approximate surface area is 106 Å². The van der Waals surface area contributed by atoms with Crippen molar-refractivity contribution in [2.45, 2.75) is 6.92 Å². The predicted molar refractivity (Wildman–Crippen MR) is 64.8 cm³/mol. The fourth-order valence-electron chi connectivity index (χ4n) is 1.04. The zero-order chi connectivity index (χ0) is 11.4. The van der Waals surface area contributed by atoms with Gasteiger partial charge in [0.1, 0.15) is 6.07 Å². The number of benzene rings is 1. The molecular formula is C10H7ClINO2. The van der Waals surface area contributed by atoms with Crippen LogP contribution in [-0.2, 0) is 4.74 Å². The molecule has 0 aliphatic carbocycles. The monoisotopic (exact) mass is 335 g/mol. The van der Waals surface area contributed by atoms with Crippen molar-refractivity contribution >= 4 is 40.2 Å². The Hall–Kier alpha value is -0.800. The first-order valence-electron chi connectivity index (χ1n) is 4.17. The largest absolute Gasteiger partial charge is 0.462 e. The van der Waals surface area contributed by atoms with Gasteiger partial charge < -0.3 is 4.74 Å². The van der Waals surface area contributed by atoms with E-state index in [-0.39, 0.29) is 17.7 Å². The lowest BCUT2D eigenvalue weighted by molar-refractivity contribution is 0.0526. The molecule has 1 rings (SSSR count). The molecule has 78 valence electrons. The molecule has 1 aromatic rings. The van der Waals surface area contributed by atoms with Crippen LogP contribution in [0.1, 0.15) is 22.8 Å². The second-order valence-electron chi connectivity index (χ2n) is 2.62. The van der Waals surface area contributed by atoms with Crippen LogP contribution in [0.3, 0.4) is 0 Å². The molecule has 0 radical (unpaired) electrons. The fraction of sp³-hybridized carbons (Fsp3) is 0.200. The molecule has 0 N–H and O–H groups in total. The SMILES string of the molecule is CCOC(=O)c1ccc(I)c(Cl)c1C#N. The number of esters is 1. The van der Waals surface area contributed by atoms with Gasteiger partial charge in [-0.15, -0.1) is 0 Å². The molecule has 0 fully saturated rings. The molecule has 0 saturated heterocycles. The van der Waals surface area contributed by atoms with E-state index in [4.69, 9.17) is 21.6 Å². The maximum absolute atomic E-state index is 11.5. The third kappa shape index (κ3) is 2.61. The van der Waals surface area contributed by atoms with E-state index < -0.39 is 5.97 Å². The topological polar surface area (TPSA) is 50.1 Å². The maximum Gasteiger partial charge on any atom is 0.339 e. The highest BCUT2D eigenvalue weighted by atomic mass is 127. The van der Waals surface area contributed by atoms with Gasteiger partial charge in [0.25, 0.3) is 0 Å². The van der Waals surface area contributed by atoms with Crippen molar-refractivity contribution in [3.63, 3.8) is 0 Å². The van der Waals surface area contributed by atoms with Gasteiger partial charge in [-0.3, -0.25) is 0 Å². The molecule has 0 atom stereocenters. The van der Waals surface area contributed by atoms with E-state index in [0.717, 1.165) is 3.57 Å². The van der Waals surface area contributed by atoms with Gasteiger partial charge in [-0.2, -0.15) is 5.26 Å². The third-order valence-electron chi connectivity index (χ3n) is 1.70. The van der Waals surface area contributed by atoms with Gasteiger partial charge in [0.15, 0.2) is 0 Å². The van der Waals surface area contributed by atoms with Crippen LogP contribution in [0.25, 0.3) is 0 Å². The van der Waals surface area contributed by atoms with Crippen LogP contribution in [0.4, 0.5) is 0 Å². The first-order valence-corrected chi connectivity index (χ1v) is 5.62. The number of hydrogen-bond acceptors (Lipinski definition) is 3. The van der Waals surface area contributed by atoms with Crippen LogP contribution in [0.2, 0.25) is 5.02 Å². The van der Waals surface area contributed by atoms with Crippen molar-refractivity contribution in [3.8, 4) is 6.07 Å². The highest BCUT2D eigenvalue weighted by Crippen LogP contribution is 2.25. The number of nitrogens with zero attached hydrogens (tertiary/aromatic N) is 1. The summed E-state index contributed by atoms with van der Waals surface area (Å²) >= 11 is 7.90. The maximum atomic E-state index is 11.5. The molecule has 3 nitrogen and oxygen atoms in total. The molecule has 0 aromatic heterocycles. The van der Waals surface area contributed by atoms with Crippen LogP contribution in [0.15, 0.2) is 12.1 Å². The Bertz CT molecular complexity index is 440. The van der Waals surface area contributed by atoms with E-state index >= 15 is 0 Å². The summed E-state index contributed by atoms with van der Waals surface area (Å²) in [5, 5.41) is 9.19. The molecule has 0 saturated carbocycles. The minimum Gasteiger partial charge on any atom is -0.462 e. The average Bonchev–Trinajstić information content (AvgIpc) is 2.22. The van der Waals surface area contributed by atoms with E-state index in [1.54, 1.807) is 19.1 Å². The molecule has 5 heteroatoms. The molecule has 0 aliphatic rings. The molecule has 0 spiro atoms. The number of carbonyl (C=O) groups is 1. The Balaban J connectivity index is 3.26. The van der Waals surface area contributed by atoms with Gasteiger partial charge in [-0.25, -0.2) is 4.79 Å². The number of carbonyl (C=O) groups excluding carboxylic acids is 1. The van der Waals surface area contributed by atoms with Gasteiger partial charge in [-0.05, 0) is 41.6 Å². The summed E-state index contributed by atoms with van der Waals surface area (Å²) in [5.41, 5.74) is 0.381. The van der Waals surface area contributed by atoms with Crippen molar-refractivity contribution in [2.75, 3.05) is 6.61 Å². The van der Waals surface area contributed by atoms with Crippen LogP contribution in [0.5, 0.6) is 0 Å². The van der Waals surface area contributed by atoms with Crippen LogP contribution >= 0.6 is 34.2 Å². The molecular weight excluding hydrogens is 328 g/mol. The molecule has 0 unspecified atom stereocenters. The number of nitriles is 1. The summed E-state index contributed by atoms with van der Waals surface area (Å²) in [6, 6.07) is 5.13. The highest BCUT2D eigenvalue weighted by Gasteiger charge is 2.16. The summed E-state index contributed by atoms with van der Waals surface area (Å²) in [6.45, 7) is 1.98. The molecule has 0 heterocycles. The summed E-state index contributed by atoms with van der Waals surface area (Å²) in [4.78, 5) is 11.5. The first-order chi connectivity index (χ1) is 7.11. The highest BCUT2D eigenvalue weighted by molar-refractivity contribution is 14.1. The number of ether oxygens (including phenoxy) is 1. The number of hydrogen-bond donors (Lipinski definition) is 0. The average molecular weight is 336 g/mol.